The molecule has 6 nitrogen and oxygen atoms in total. The molecule has 0 saturated heterocycles. The molecule has 0 amide bonds. The first-order valence-corrected chi connectivity index (χ1v) is 6.89. The number of aromatic nitrogens is 4. The van der Waals surface area contributed by atoms with Crippen molar-refractivity contribution in [2.24, 2.45) is 24.3 Å². The molecule has 0 aromatic carbocycles. The van der Waals surface area contributed by atoms with Crippen molar-refractivity contribution in [1.82, 2.24) is 20.2 Å². The average Bonchev–Trinajstić information content (AvgIpc) is 2.75. The number of tetrazole rings is 1. The number of nitrogens with zero attached hydrogens (tertiary/aromatic N) is 4. The van der Waals surface area contributed by atoms with Crippen LogP contribution in [0.4, 0.5) is 0 Å². The summed E-state index contributed by atoms with van der Waals surface area (Å²) in [6.07, 6.45) is 3.77. The molecule has 0 bridgehead atoms. The molecule has 19 heavy (non-hydrogen) atoms. The lowest BCUT2D eigenvalue weighted by molar-refractivity contribution is -0.152. The van der Waals surface area contributed by atoms with Crippen LogP contribution in [0.5, 0.6) is 0 Å². The van der Waals surface area contributed by atoms with Crippen molar-refractivity contribution >= 4 is 5.97 Å². The lowest BCUT2D eigenvalue weighted by Crippen LogP contribution is -2.38. The van der Waals surface area contributed by atoms with E-state index in [1.807, 2.05) is 0 Å². The summed E-state index contributed by atoms with van der Waals surface area (Å²) in [5.74, 6) is 1.08. The second-order valence-electron chi connectivity index (χ2n) is 6.04. The minimum atomic E-state index is -0.720. The van der Waals surface area contributed by atoms with Gasteiger partial charge in [-0.3, -0.25) is 4.79 Å². The van der Waals surface area contributed by atoms with Crippen LogP contribution in [-0.4, -0.2) is 31.3 Å². The molecule has 1 heterocycles. The maximum atomic E-state index is 11.7. The van der Waals surface area contributed by atoms with E-state index in [0.29, 0.717) is 36.9 Å². The molecule has 0 atom stereocenters. The van der Waals surface area contributed by atoms with Gasteiger partial charge in [-0.25, -0.2) is 0 Å². The molecule has 1 aliphatic carbocycles. The maximum absolute atomic E-state index is 11.7. The third kappa shape index (κ3) is 2.93. The molecule has 1 saturated carbocycles. The largest absolute Gasteiger partial charge is 0.481 e. The first-order chi connectivity index (χ1) is 8.93. The molecule has 1 aliphatic rings. The summed E-state index contributed by atoms with van der Waals surface area (Å²) in [6.45, 7) is 4.42. The van der Waals surface area contributed by atoms with Crippen LogP contribution >= 0.6 is 0 Å². The Labute approximate surface area is 113 Å². The highest BCUT2D eigenvalue weighted by atomic mass is 16.4. The summed E-state index contributed by atoms with van der Waals surface area (Å²) in [4.78, 5) is 13.1. The van der Waals surface area contributed by atoms with Crippen molar-refractivity contribution in [3.8, 4) is 0 Å². The van der Waals surface area contributed by atoms with Gasteiger partial charge >= 0.3 is 5.97 Å². The van der Waals surface area contributed by atoms with Crippen LogP contribution in [-0.2, 0) is 18.3 Å². The van der Waals surface area contributed by atoms with E-state index in [0.717, 1.165) is 12.8 Å². The van der Waals surface area contributed by atoms with Gasteiger partial charge in [-0.05, 0) is 42.7 Å². The molecule has 1 N–H and O–H groups in total. The minimum absolute atomic E-state index is 0.390. The second-order valence-corrected chi connectivity index (χ2v) is 6.04. The van der Waals surface area contributed by atoms with E-state index in [1.165, 1.54) is 4.80 Å². The number of aliphatic carboxylic acids is 1. The molecule has 0 aliphatic heterocycles. The predicted octanol–water partition coefficient (Wildman–Crippen LogP) is 1.67. The number of carboxylic acid groups (broad SMARTS) is 1. The van der Waals surface area contributed by atoms with E-state index in [2.05, 4.69) is 29.3 Å². The maximum Gasteiger partial charge on any atom is 0.310 e. The highest BCUT2D eigenvalue weighted by Crippen LogP contribution is 2.43. The van der Waals surface area contributed by atoms with E-state index in [9.17, 15) is 9.90 Å². The van der Waals surface area contributed by atoms with E-state index < -0.39 is 11.4 Å². The van der Waals surface area contributed by atoms with Crippen LogP contribution < -0.4 is 0 Å². The molecule has 1 aromatic rings. The van der Waals surface area contributed by atoms with Gasteiger partial charge in [0.25, 0.3) is 0 Å². The number of aryl methyl sites for hydroxylation is 1. The fraction of sp³-hybridized carbons (Fsp3) is 0.846. The summed E-state index contributed by atoms with van der Waals surface area (Å²) in [6, 6.07) is 0. The van der Waals surface area contributed by atoms with Crippen molar-refractivity contribution in [3.05, 3.63) is 5.82 Å². The summed E-state index contributed by atoms with van der Waals surface area (Å²) in [7, 11) is 1.69. The van der Waals surface area contributed by atoms with Crippen LogP contribution in [0, 0.1) is 17.3 Å². The third-order valence-electron chi connectivity index (χ3n) is 4.43. The lowest BCUT2D eigenvalue weighted by Gasteiger charge is -2.37. The Hall–Kier alpha value is -1.46. The topological polar surface area (TPSA) is 80.9 Å². The van der Waals surface area contributed by atoms with Gasteiger partial charge in [0.05, 0.1) is 12.5 Å². The Morgan fingerprint density at radius 3 is 2.53 bits per heavy atom. The van der Waals surface area contributed by atoms with Crippen LogP contribution in [0.3, 0.4) is 0 Å². The van der Waals surface area contributed by atoms with Crippen LogP contribution in [0.15, 0.2) is 0 Å². The summed E-state index contributed by atoms with van der Waals surface area (Å²) < 4.78 is 0. The number of carbonyl (C=O) groups is 1. The Balaban J connectivity index is 2.10. The smallest absolute Gasteiger partial charge is 0.310 e. The minimum Gasteiger partial charge on any atom is -0.481 e. The predicted molar refractivity (Wildman–Crippen MR) is 69.4 cm³/mol. The van der Waals surface area contributed by atoms with Gasteiger partial charge < -0.3 is 5.11 Å². The Morgan fingerprint density at radius 2 is 2.11 bits per heavy atom. The van der Waals surface area contributed by atoms with Crippen LogP contribution in [0.1, 0.15) is 45.4 Å². The fourth-order valence-electron chi connectivity index (χ4n) is 3.02. The molecule has 0 radical (unpaired) electrons. The molecule has 0 unspecified atom stereocenters. The van der Waals surface area contributed by atoms with Gasteiger partial charge in [-0.2, -0.15) is 4.80 Å². The number of carboxylic acids is 1. The molecule has 2 rings (SSSR count). The van der Waals surface area contributed by atoms with Crippen molar-refractivity contribution < 1.29 is 9.90 Å². The average molecular weight is 266 g/mol. The summed E-state index contributed by atoms with van der Waals surface area (Å²) >= 11 is 0. The monoisotopic (exact) mass is 266 g/mol. The molecular weight excluding hydrogens is 244 g/mol. The van der Waals surface area contributed by atoms with E-state index in [1.54, 1.807) is 7.05 Å². The first kappa shape index (κ1) is 14.0. The normalized spacial score (nSPS) is 27.7. The fourth-order valence-corrected chi connectivity index (χ4v) is 3.02. The van der Waals surface area contributed by atoms with E-state index in [-0.39, 0.29) is 0 Å². The van der Waals surface area contributed by atoms with Gasteiger partial charge in [-0.1, -0.05) is 13.8 Å². The number of hydrogen-bond donors (Lipinski definition) is 1. The molecular formula is C13H22N4O2. The highest BCUT2D eigenvalue weighted by Gasteiger charge is 2.43. The zero-order valence-corrected chi connectivity index (χ0v) is 11.8. The second kappa shape index (κ2) is 5.27. The Morgan fingerprint density at radius 1 is 1.47 bits per heavy atom. The van der Waals surface area contributed by atoms with Crippen molar-refractivity contribution in [3.63, 3.8) is 0 Å². The summed E-state index contributed by atoms with van der Waals surface area (Å²) in [5, 5.41) is 21.4. The van der Waals surface area contributed by atoms with Gasteiger partial charge in [0.15, 0.2) is 5.82 Å². The Kier molecular flexibility index (Phi) is 3.87. The molecule has 1 fully saturated rings. The molecule has 106 valence electrons. The van der Waals surface area contributed by atoms with E-state index >= 15 is 0 Å². The SMILES string of the molecule is CC(C)C1CCC(Cc2nnn(C)n2)(C(=O)O)CC1. The molecule has 6 heteroatoms. The summed E-state index contributed by atoms with van der Waals surface area (Å²) in [5.41, 5.74) is -0.700. The first-order valence-electron chi connectivity index (χ1n) is 6.89. The van der Waals surface area contributed by atoms with Crippen molar-refractivity contribution in [1.29, 1.82) is 0 Å². The van der Waals surface area contributed by atoms with Gasteiger partial charge in [0, 0.05) is 6.42 Å². The van der Waals surface area contributed by atoms with Gasteiger partial charge in [0.2, 0.25) is 0 Å². The number of hydrogen-bond acceptors (Lipinski definition) is 4. The van der Waals surface area contributed by atoms with Crippen LogP contribution in [0.2, 0.25) is 0 Å². The number of rotatable bonds is 4. The van der Waals surface area contributed by atoms with Crippen LogP contribution in [0.25, 0.3) is 0 Å². The van der Waals surface area contributed by atoms with Gasteiger partial charge in [-0.15, -0.1) is 10.2 Å². The molecule has 0 spiro atoms. The molecule has 1 aromatic heterocycles. The lowest BCUT2D eigenvalue weighted by atomic mass is 9.66. The third-order valence-corrected chi connectivity index (χ3v) is 4.43. The van der Waals surface area contributed by atoms with E-state index in [4.69, 9.17) is 0 Å². The zero-order valence-electron chi connectivity index (χ0n) is 11.8. The van der Waals surface area contributed by atoms with Crippen molar-refractivity contribution in [2.45, 2.75) is 46.0 Å². The quantitative estimate of drug-likeness (QED) is 0.896. The Bertz CT molecular complexity index is 447. The standard InChI is InChI=1S/C13H22N4O2/c1-9(2)10-4-6-13(7-5-10,12(18)19)8-11-14-16-17(3)15-11/h9-10H,4-8H2,1-3H3,(H,18,19). The zero-order chi connectivity index (χ0) is 14.0. The van der Waals surface area contributed by atoms with Crippen molar-refractivity contribution in [2.75, 3.05) is 0 Å². The highest BCUT2D eigenvalue weighted by molar-refractivity contribution is 5.75. The van der Waals surface area contributed by atoms with Gasteiger partial charge in [0.1, 0.15) is 0 Å².